The van der Waals surface area contributed by atoms with Crippen molar-refractivity contribution in [2.24, 2.45) is 0 Å². The normalized spacial score (nSPS) is 29.1. The molecule has 0 spiro atoms. The molecule has 0 radical (unpaired) electrons. The van der Waals surface area contributed by atoms with Gasteiger partial charge in [0.1, 0.15) is 0 Å². The molecule has 2 nitrogen and oxygen atoms in total. The quantitative estimate of drug-likeness (QED) is 0.830. The monoisotopic (exact) mass is 357 g/mol. The lowest BCUT2D eigenvalue weighted by Gasteiger charge is -2.52. The number of nitrogens with zero attached hydrogens (tertiary/aromatic N) is 1. The van der Waals surface area contributed by atoms with E-state index in [0.29, 0.717) is 18.4 Å². The topological polar surface area (TPSA) is 23.5 Å². The van der Waals surface area contributed by atoms with Crippen LogP contribution in [0, 0.1) is 0 Å². The smallest absolute Gasteiger partial charge is 0.264 e. The zero-order chi connectivity index (χ0) is 18.1. The van der Waals surface area contributed by atoms with Gasteiger partial charge in [0.15, 0.2) is 0 Å². The van der Waals surface area contributed by atoms with Gasteiger partial charge in [-0.1, -0.05) is 61.0 Å². The lowest BCUT2D eigenvalue weighted by atomic mass is 9.71. The van der Waals surface area contributed by atoms with Crippen LogP contribution in [0.15, 0.2) is 54.6 Å². The van der Waals surface area contributed by atoms with E-state index in [1.807, 2.05) is 18.2 Å². The third-order valence-corrected chi connectivity index (χ3v) is 6.06. The van der Waals surface area contributed by atoms with Gasteiger partial charge in [-0.25, -0.2) is 8.78 Å². The fourth-order valence-corrected chi connectivity index (χ4v) is 4.90. The van der Waals surface area contributed by atoms with Crippen molar-refractivity contribution < 1.29 is 13.9 Å². The summed E-state index contributed by atoms with van der Waals surface area (Å²) in [5, 5.41) is 11.4. The highest BCUT2D eigenvalue weighted by Gasteiger charge is 2.47. The number of aliphatic hydroxyl groups is 1. The molecule has 2 bridgehead atoms. The van der Waals surface area contributed by atoms with Crippen LogP contribution in [0.3, 0.4) is 0 Å². The Balaban J connectivity index is 1.62. The minimum atomic E-state index is -2.56. The van der Waals surface area contributed by atoms with E-state index in [4.69, 9.17) is 0 Å². The molecule has 0 aromatic heterocycles. The summed E-state index contributed by atoms with van der Waals surface area (Å²) < 4.78 is 27.0. The summed E-state index contributed by atoms with van der Waals surface area (Å²) in [6.07, 6.45) is 1.68. The highest BCUT2D eigenvalue weighted by molar-refractivity contribution is 5.34. The van der Waals surface area contributed by atoms with Crippen molar-refractivity contribution in [2.45, 2.75) is 62.8 Å². The molecule has 2 fully saturated rings. The van der Waals surface area contributed by atoms with Crippen molar-refractivity contribution in [1.82, 2.24) is 4.90 Å². The Morgan fingerprint density at radius 2 is 1.58 bits per heavy atom. The molecular formula is C22H25F2NO. The second kappa shape index (κ2) is 7.09. The number of rotatable bonds is 4. The van der Waals surface area contributed by atoms with Crippen molar-refractivity contribution in [3.05, 3.63) is 71.3 Å². The number of hydrogen-bond acceptors (Lipinski definition) is 2. The second-order valence-corrected chi connectivity index (χ2v) is 7.72. The largest absolute Gasteiger partial charge is 0.385 e. The fourth-order valence-electron chi connectivity index (χ4n) is 4.90. The van der Waals surface area contributed by atoms with Gasteiger partial charge in [0.25, 0.3) is 6.43 Å². The van der Waals surface area contributed by atoms with E-state index >= 15 is 0 Å². The summed E-state index contributed by atoms with van der Waals surface area (Å²) in [6.45, 7) is 0.864. The molecule has 4 rings (SSSR count). The van der Waals surface area contributed by atoms with Crippen molar-refractivity contribution in [3.63, 3.8) is 0 Å². The Labute approximate surface area is 153 Å². The predicted molar refractivity (Wildman–Crippen MR) is 97.9 cm³/mol. The third kappa shape index (κ3) is 3.28. The number of benzene rings is 2. The maximum atomic E-state index is 13.5. The molecule has 1 N–H and O–H groups in total. The predicted octanol–water partition coefficient (Wildman–Crippen LogP) is 5.03. The summed E-state index contributed by atoms with van der Waals surface area (Å²) in [5.74, 6) is 0. The number of piperidine rings is 2. The van der Waals surface area contributed by atoms with Gasteiger partial charge in [0, 0.05) is 24.2 Å². The van der Waals surface area contributed by atoms with Crippen molar-refractivity contribution in [2.75, 3.05) is 0 Å². The Kier molecular flexibility index (Phi) is 4.80. The van der Waals surface area contributed by atoms with Gasteiger partial charge in [-0.15, -0.1) is 0 Å². The van der Waals surface area contributed by atoms with Crippen LogP contribution in [-0.2, 0) is 12.1 Å². The number of halogens is 2. The molecule has 2 aliphatic heterocycles. The lowest BCUT2D eigenvalue weighted by Crippen LogP contribution is -2.56. The average molecular weight is 357 g/mol. The van der Waals surface area contributed by atoms with E-state index in [1.54, 1.807) is 18.2 Å². The number of alkyl halides is 2. The molecule has 2 aliphatic rings. The molecule has 0 saturated carbocycles. The third-order valence-electron chi connectivity index (χ3n) is 6.06. The standard InChI is InChI=1S/C22H25F2NO/c23-21(24)19-11-4-5-12-20(19)22(26)13-17-9-6-10-18(14-22)25(17)15-16-7-2-1-3-8-16/h1-5,7-8,11-12,17-18,21,26H,6,9-10,13-15H2. The summed E-state index contributed by atoms with van der Waals surface area (Å²) in [7, 11) is 0. The molecule has 0 amide bonds. The first-order valence-electron chi connectivity index (χ1n) is 9.46. The first kappa shape index (κ1) is 17.6. The van der Waals surface area contributed by atoms with E-state index in [2.05, 4.69) is 17.0 Å². The average Bonchev–Trinajstić information content (AvgIpc) is 2.63. The van der Waals surface area contributed by atoms with E-state index < -0.39 is 12.0 Å². The molecule has 26 heavy (non-hydrogen) atoms. The van der Waals surface area contributed by atoms with Crippen molar-refractivity contribution in [3.8, 4) is 0 Å². The van der Waals surface area contributed by atoms with Gasteiger partial charge < -0.3 is 5.11 Å². The molecule has 2 unspecified atom stereocenters. The van der Waals surface area contributed by atoms with E-state index in [-0.39, 0.29) is 17.6 Å². The molecule has 2 aromatic rings. The van der Waals surface area contributed by atoms with E-state index in [0.717, 1.165) is 25.8 Å². The Morgan fingerprint density at radius 3 is 2.23 bits per heavy atom. The molecule has 2 atom stereocenters. The Hall–Kier alpha value is -1.78. The van der Waals surface area contributed by atoms with Gasteiger partial charge in [-0.3, -0.25) is 4.90 Å². The van der Waals surface area contributed by atoms with Gasteiger partial charge in [-0.2, -0.15) is 0 Å². The van der Waals surface area contributed by atoms with Gasteiger partial charge in [0.05, 0.1) is 5.60 Å². The fraction of sp³-hybridized carbons (Fsp3) is 0.455. The summed E-state index contributed by atoms with van der Waals surface area (Å²) in [5.41, 5.74) is 0.509. The van der Waals surface area contributed by atoms with Crippen LogP contribution in [0.25, 0.3) is 0 Å². The zero-order valence-corrected chi connectivity index (χ0v) is 14.8. The molecule has 138 valence electrons. The number of hydrogen-bond donors (Lipinski definition) is 1. The molecule has 0 aliphatic carbocycles. The highest BCUT2D eigenvalue weighted by atomic mass is 19.3. The number of fused-ring (bicyclic) bond motifs is 2. The molecule has 4 heteroatoms. The molecular weight excluding hydrogens is 332 g/mol. The van der Waals surface area contributed by atoms with Crippen LogP contribution in [0.1, 0.15) is 55.2 Å². The summed E-state index contributed by atoms with van der Waals surface area (Å²) in [4.78, 5) is 2.48. The Bertz CT molecular complexity index is 735. The van der Waals surface area contributed by atoms with Crippen LogP contribution in [0.4, 0.5) is 8.78 Å². The second-order valence-electron chi connectivity index (χ2n) is 7.72. The molecule has 2 aromatic carbocycles. The van der Waals surface area contributed by atoms with Gasteiger partial charge in [0.2, 0.25) is 0 Å². The Morgan fingerprint density at radius 1 is 0.962 bits per heavy atom. The van der Waals surface area contributed by atoms with Gasteiger partial charge >= 0.3 is 0 Å². The van der Waals surface area contributed by atoms with Crippen LogP contribution >= 0.6 is 0 Å². The van der Waals surface area contributed by atoms with E-state index in [9.17, 15) is 13.9 Å². The molecule has 2 saturated heterocycles. The van der Waals surface area contributed by atoms with Gasteiger partial charge in [-0.05, 0) is 36.8 Å². The minimum absolute atomic E-state index is 0.0235. The highest BCUT2D eigenvalue weighted by Crippen LogP contribution is 2.46. The van der Waals surface area contributed by atoms with Crippen LogP contribution < -0.4 is 0 Å². The van der Waals surface area contributed by atoms with Crippen LogP contribution in [0.2, 0.25) is 0 Å². The minimum Gasteiger partial charge on any atom is -0.385 e. The SMILES string of the molecule is OC1(c2ccccc2C(F)F)CC2CCCC(C1)N2Cc1ccccc1. The van der Waals surface area contributed by atoms with Crippen LogP contribution in [-0.4, -0.2) is 22.1 Å². The summed E-state index contributed by atoms with van der Waals surface area (Å²) >= 11 is 0. The summed E-state index contributed by atoms with van der Waals surface area (Å²) in [6, 6.07) is 17.3. The van der Waals surface area contributed by atoms with Crippen LogP contribution in [0.5, 0.6) is 0 Å². The zero-order valence-electron chi connectivity index (χ0n) is 14.8. The molecule has 2 heterocycles. The maximum Gasteiger partial charge on any atom is 0.264 e. The maximum absolute atomic E-state index is 13.5. The first-order valence-corrected chi connectivity index (χ1v) is 9.46. The first-order chi connectivity index (χ1) is 12.6. The van der Waals surface area contributed by atoms with E-state index in [1.165, 1.54) is 11.6 Å². The van der Waals surface area contributed by atoms with Crippen molar-refractivity contribution in [1.29, 1.82) is 0 Å². The lowest BCUT2D eigenvalue weighted by molar-refractivity contribution is -0.101. The van der Waals surface area contributed by atoms with Crippen molar-refractivity contribution >= 4 is 0 Å².